The molecule has 21 heavy (non-hydrogen) atoms. The van der Waals surface area contributed by atoms with E-state index in [9.17, 15) is 13.2 Å². The minimum absolute atomic E-state index is 0.133. The molecule has 4 N–H and O–H groups in total. The number of nitrogens with zero attached hydrogens (tertiary/aromatic N) is 1. The molecule has 2 atom stereocenters. The van der Waals surface area contributed by atoms with Crippen molar-refractivity contribution in [1.82, 2.24) is 14.9 Å². The number of nitrogens with two attached hydrogens (primary N) is 1. The third-order valence-corrected chi connectivity index (χ3v) is 5.04. The number of rotatable bonds is 4. The molecule has 2 saturated heterocycles. The van der Waals surface area contributed by atoms with Crippen molar-refractivity contribution in [2.24, 2.45) is 11.1 Å². The van der Waals surface area contributed by atoms with Gasteiger partial charge in [-0.3, -0.25) is 4.79 Å². The van der Waals surface area contributed by atoms with E-state index >= 15 is 0 Å². The molecule has 2 aliphatic heterocycles. The molecule has 0 bridgehead atoms. The highest BCUT2D eigenvalue weighted by Crippen LogP contribution is 2.24. The molecule has 2 unspecified atom stereocenters. The second-order valence-corrected chi connectivity index (χ2v) is 7.75. The smallest absolute Gasteiger partial charge is 0.274 e. The van der Waals surface area contributed by atoms with Gasteiger partial charge in [0.25, 0.3) is 10.2 Å². The molecule has 0 spiro atoms. The number of amides is 1. The quantitative estimate of drug-likeness (QED) is 0.653. The zero-order valence-electron chi connectivity index (χ0n) is 12.6. The van der Waals surface area contributed by atoms with Crippen LogP contribution in [0, 0.1) is 5.92 Å². The van der Waals surface area contributed by atoms with Crippen LogP contribution in [-0.4, -0.2) is 50.9 Å². The summed E-state index contributed by atoms with van der Waals surface area (Å²) in [5, 5.41) is 8.30. The normalized spacial score (nSPS) is 31.1. The van der Waals surface area contributed by atoms with Crippen molar-refractivity contribution in [2.45, 2.75) is 44.6 Å². The average molecular weight is 318 g/mol. The monoisotopic (exact) mass is 318 g/mol. The molecule has 0 aromatic rings. The molecule has 2 rings (SSSR count). The van der Waals surface area contributed by atoms with E-state index in [0.717, 1.165) is 45.2 Å². The summed E-state index contributed by atoms with van der Waals surface area (Å²) in [6.45, 7) is 4.50. The van der Waals surface area contributed by atoms with E-state index in [2.05, 4.69) is 10.0 Å². The predicted octanol–water partition coefficient (Wildman–Crippen LogP) is -0.450. The van der Waals surface area contributed by atoms with Gasteiger partial charge in [-0.25, -0.2) is 9.86 Å². The summed E-state index contributed by atoms with van der Waals surface area (Å²) in [7, 11) is -3.66. The van der Waals surface area contributed by atoms with Gasteiger partial charge in [-0.15, -0.1) is 0 Å². The van der Waals surface area contributed by atoms with E-state index < -0.39 is 15.7 Å². The van der Waals surface area contributed by atoms with Crippen LogP contribution in [0.2, 0.25) is 0 Å². The fourth-order valence-corrected chi connectivity index (χ4v) is 3.71. The summed E-state index contributed by atoms with van der Waals surface area (Å²) in [5.74, 6) is 0.274. The van der Waals surface area contributed by atoms with Gasteiger partial charge in [0.15, 0.2) is 0 Å². The molecule has 8 heteroatoms. The summed E-state index contributed by atoms with van der Waals surface area (Å²) in [6, 6.07) is 0. The molecule has 0 aromatic heterocycles. The van der Waals surface area contributed by atoms with Crippen LogP contribution < -0.4 is 15.2 Å². The second kappa shape index (κ2) is 6.60. The molecular weight excluding hydrogens is 292 g/mol. The maximum absolute atomic E-state index is 12.7. The van der Waals surface area contributed by atoms with E-state index in [0.29, 0.717) is 13.1 Å². The van der Waals surface area contributed by atoms with Crippen molar-refractivity contribution in [3.63, 3.8) is 0 Å². The molecular formula is C13H26N4O3S. The molecule has 1 amide bonds. The number of carbonyl (C=O) groups is 1. The van der Waals surface area contributed by atoms with E-state index in [1.807, 2.05) is 11.8 Å². The average Bonchev–Trinajstić information content (AvgIpc) is 2.45. The Morgan fingerprint density at radius 3 is 2.81 bits per heavy atom. The van der Waals surface area contributed by atoms with Crippen LogP contribution in [0.1, 0.15) is 39.0 Å². The Labute approximate surface area is 126 Å². The van der Waals surface area contributed by atoms with Gasteiger partial charge in [0.05, 0.1) is 5.54 Å². The first-order valence-corrected chi connectivity index (χ1v) is 9.17. The number of nitrogens with one attached hydrogen (secondary N) is 2. The van der Waals surface area contributed by atoms with Gasteiger partial charge in [-0.05, 0) is 51.5 Å². The lowest BCUT2D eigenvalue weighted by molar-refractivity contribution is -0.140. The van der Waals surface area contributed by atoms with Crippen molar-refractivity contribution in [3.8, 4) is 0 Å². The highest BCUT2D eigenvalue weighted by atomic mass is 32.2. The third kappa shape index (κ3) is 4.64. The van der Waals surface area contributed by atoms with Crippen molar-refractivity contribution in [1.29, 1.82) is 0 Å². The first-order chi connectivity index (χ1) is 9.80. The lowest BCUT2D eigenvalue weighted by Gasteiger charge is -2.41. The van der Waals surface area contributed by atoms with Crippen molar-refractivity contribution in [2.75, 3.05) is 26.2 Å². The summed E-state index contributed by atoms with van der Waals surface area (Å²) in [4.78, 5) is 14.6. The zero-order chi connectivity index (χ0) is 15.5. The van der Waals surface area contributed by atoms with E-state index in [4.69, 9.17) is 5.14 Å². The molecule has 7 nitrogen and oxygen atoms in total. The van der Waals surface area contributed by atoms with Gasteiger partial charge < -0.3 is 10.2 Å². The Hall–Kier alpha value is -0.700. The van der Waals surface area contributed by atoms with Crippen LogP contribution >= 0.6 is 0 Å². The second-order valence-electron chi connectivity index (χ2n) is 6.37. The Morgan fingerprint density at radius 2 is 2.19 bits per heavy atom. The number of hydrogen-bond acceptors (Lipinski definition) is 4. The third-order valence-electron chi connectivity index (χ3n) is 4.47. The molecule has 122 valence electrons. The first-order valence-electron chi connectivity index (χ1n) is 7.62. The Bertz CT molecular complexity index is 474. The Kier molecular flexibility index (Phi) is 5.24. The van der Waals surface area contributed by atoms with Gasteiger partial charge in [0, 0.05) is 19.6 Å². The van der Waals surface area contributed by atoms with Crippen molar-refractivity contribution >= 4 is 16.1 Å². The predicted molar refractivity (Wildman–Crippen MR) is 80.7 cm³/mol. The van der Waals surface area contributed by atoms with Gasteiger partial charge in [0.2, 0.25) is 5.91 Å². The van der Waals surface area contributed by atoms with Crippen LogP contribution in [0.4, 0.5) is 0 Å². The van der Waals surface area contributed by atoms with Gasteiger partial charge in [-0.2, -0.15) is 8.42 Å². The number of carbonyl (C=O) groups excluding carboxylic acids is 1. The van der Waals surface area contributed by atoms with E-state index in [-0.39, 0.29) is 11.8 Å². The van der Waals surface area contributed by atoms with Crippen LogP contribution in [0.25, 0.3) is 0 Å². The fraction of sp³-hybridized carbons (Fsp3) is 0.923. The maximum atomic E-state index is 12.7. The number of piperidine rings is 2. The zero-order valence-corrected chi connectivity index (χ0v) is 13.4. The SMILES string of the molecule is CC1(C(=O)N2CCCC(CNS(N)(=O)=O)C2)CCCCN1. The summed E-state index contributed by atoms with van der Waals surface area (Å²) in [6.07, 6.45) is 4.86. The van der Waals surface area contributed by atoms with Crippen LogP contribution in [0.3, 0.4) is 0 Å². The van der Waals surface area contributed by atoms with Crippen molar-refractivity contribution < 1.29 is 13.2 Å². The Morgan fingerprint density at radius 1 is 1.43 bits per heavy atom. The highest BCUT2D eigenvalue weighted by Gasteiger charge is 2.38. The summed E-state index contributed by atoms with van der Waals surface area (Å²) >= 11 is 0. The summed E-state index contributed by atoms with van der Waals surface area (Å²) in [5.41, 5.74) is -0.465. The fourth-order valence-electron chi connectivity index (χ4n) is 3.24. The number of likely N-dealkylation sites (tertiary alicyclic amines) is 1. The molecule has 2 heterocycles. The van der Waals surface area contributed by atoms with Gasteiger partial charge in [-0.1, -0.05) is 0 Å². The van der Waals surface area contributed by atoms with Crippen LogP contribution in [0.5, 0.6) is 0 Å². The Balaban J connectivity index is 1.92. The molecule has 0 aromatic carbocycles. The van der Waals surface area contributed by atoms with E-state index in [1.165, 1.54) is 0 Å². The lowest BCUT2D eigenvalue weighted by Crippen LogP contribution is -2.59. The standard InChI is InChI=1S/C13H26N4O3S/c1-13(6-2-3-7-15-13)12(18)17-8-4-5-11(10-17)9-16-21(14,19)20/h11,15-16H,2-10H2,1H3,(H2,14,19,20). The lowest BCUT2D eigenvalue weighted by atomic mass is 9.88. The largest absolute Gasteiger partial charge is 0.341 e. The molecule has 2 fully saturated rings. The molecule has 0 saturated carbocycles. The van der Waals surface area contributed by atoms with E-state index in [1.54, 1.807) is 0 Å². The van der Waals surface area contributed by atoms with Crippen LogP contribution in [-0.2, 0) is 15.0 Å². The first kappa shape index (κ1) is 16.7. The molecule has 0 aliphatic carbocycles. The van der Waals surface area contributed by atoms with Gasteiger partial charge in [0.1, 0.15) is 0 Å². The molecule has 0 radical (unpaired) electrons. The summed E-state index contributed by atoms with van der Waals surface area (Å²) < 4.78 is 24.3. The maximum Gasteiger partial charge on any atom is 0.274 e. The topological polar surface area (TPSA) is 105 Å². The highest BCUT2D eigenvalue weighted by molar-refractivity contribution is 7.87. The van der Waals surface area contributed by atoms with Crippen LogP contribution in [0.15, 0.2) is 0 Å². The minimum atomic E-state index is -3.66. The number of hydrogen-bond donors (Lipinski definition) is 3. The van der Waals surface area contributed by atoms with Crippen molar-refractivity contribution in [3.05, 3.63) is 0 Å². The minimum Gasteiger partial charge on any atom is -0.341 e. The van der Waals surface area contributed by atoms with Gasteiger partial charge >= 0.3 is 0 Å². The molecule has 2 aliphatic rings.